The first-order chi connectivity index (χ1) is 13.5. The van der Waals surface area contributed by atoms with Crippen LogP contribution in [0.15, 0.2) is 42.2 Å². The summed E-state index contributed by atoms with van der Waals surface area (Å²) in [6.07, 6.45) is 6.77. The van der Waals surface area contributed by atoms with E-state index in [-0.39, 0.29) is 23.4 Å². The number of fused-ring (bicyclic) bond motifs is 1. The second kappa shape index (κ2) is 7.80. The van der Waals surface area contributed by atoms with Crippen LogP contribution in [-0.4, -0.2) is 11.8 Å². The number of esters is 1. The van der Waals surface area contributed by atoms with Gasteiger partial charge in [0.1, 0.15) is 11.5 Å². The summed E-state index contributed by atoms with van der Waals surface area (Å²) < 4.78 is 11.4. The van der Waals surface area contributed by atoms with Gasteiger partial charge in [-0.15, -0.1) is 0 Å². The van der Waals surface area contributed by atoms with Gasteiger partial charge in [-0.1, -0.05) is 43.0 Å². The summed E-state index contributed by atoms with van der Waals surface area (Å²) in [4.78, 5) is 25.2. The summed E-state index contributed by atoms with van der Waals surface area (Å²) >= 11 is 5.91. The minimum Gasteiger partial charge on any atom is -0.452 e. The molecule has 144 valence electrons. The lowest BCUT2D eigenvalue weighted by molar-refractivity contribution is -0.139. The van der Waals surface area contributed by atoms with E-state index in [1.165, 1.54) is 6.42 Å². The minimum atomic E-state index is -0.194. The Bertz CT molecular complexity index is 953. The maximum absolute atomic E-state index is 12.7. The van der Waals surface area contributed by atoms with Crippen LogP contribution in [0.3, 0.4) is 0 Å². The minimum absolute atomic E-state index is 0.0368. The van der Waals surface area contributed by atoms with Gasteiger partial charge < -0.3 is 9.47 Å². The largest absolute Gasteiger partial charge is 0.452 e. The molecule has 0 saturated heterocycles. The predicted octanol–water partition coefficient (Wildman–Crippen LogP) is 5.75. The van der Waals surface area contributed by atoms with Crippen LogP contribution in [0.4, 0.5) is 0 Å². The van der Waals surface area contributed by atoms with Crippen LogP contribution in [0, 0.1) is 12.8 Å². The van der Waals surface area contributed by atoms with Crippen molar-refractivity contribution in [2.45, 2.75) is 39.0 Å². The van der Waals surface area contributed by atoms with Gasteiger partial charge >= 0.3 is 5.97 Å². The van der Waals surface area contributed by atoms with Gasteiger partial charge in [0.2, 0.25) is 5.78 Å². The van der Waals surface area contributed by atoms with Crippen molar-refractivity contribution in [2.24, 2.45) is 5.92 Å². The van der Waals surface area contributed by atoms with E-state index in [0.29, 0.717) is 22.1 Å². The fraction of sp³-hybridized carbons (Fsp3) is 0.304. The topological polar surface area (TPSA) is 52.6 Å². The number of ketones is 1. The van der Waals surface area contributed by atoms with E-state index in [4.69, 9.17) is 21.1 Å². The SMILES string of the molecule is Cc1cc(OC(=O)C2CCCCC2)cc2c1C(=O)/C(=C/c1ccc(Cl)cc1)O2. The van der Waals surface area contributed by atoms with E-state index >= 15 is 0 Å². The van der Waals surface area contributed by atoms with Crippen molar-refractivity contribution in [2.75, 3.05) is 0 Å². The van der Waals surface area contributed by atoms with Crippen molar-refractivity contribution in [3.63, 3.8) is 0 Å². The first kappa shape index (κ1) is 18.8. The van der Waals surface area contributed by atoms with Gasteiger partial charge in [-0.3, -0.25) is 9.59 Å². The van der Waals surface area contributed by atoms with Crippen molar-refractivity contribution < 1.29 is 19.1 Å². The lowest BCUT2D eigenvalue weighted by Gasteiger charge is -2.20. The molecule has 0 unspecified atom stereocenters. The third-order valence-electron chi connectivity index (χ3n) is 5.27. The second-order valence-electron chi connectivity index (χ2n) is 7.36. The molecule has 2 aromatic rings. The molecule has 1 fully saturated rings. The fourth-order valence-corrected chi connectivity index (χ4v) is 3.91. The normalized spacial score (nSPS) is 18.1. The van der Waals surface area contributed by atoms with Gasteiger partial charge in [-0.2, -0.15) is 0 Å². The molecule has 28 heavy (non-hydrogen) atoms. The average molecular weight is 397 g/mol. The molecule has 1 saturated carbocycles. The standard InChI is InChI=1S/C23H21ClO4/c1-14-11-18(27-23(26)16-5-3-2-4-6-16)13-19-21(14)22(25)20(28-19)12-15-7-9-17(24)10-8-15/h7-13,16H,2-6H2,1H3/b20-12-. The molecule has 0 spiro atoms. The van der Waals surface area contributed by atoms with Crippen molar-refractivity contribution in [3.8, 4) is 11.5 Å². The van der Waals surface area contributed by atoms with Crippen LogP contribution in [0.25, 0.3) is 6.08 Å². The van der Waals surface area contributed by atoms with E-state index in [1.807, 2.05) is 19.1 Å². The summed E-state index contributed by atoms with van der Waals surface area (Å²) in [5, 5.41) is 0.629. The highest BCUT2D eigenvalue weighted by Gasteiger charge is 2.31. The average Bonchev–Trinajstić information content (AvgIpc) is 3.00. The van der Waals surface area contributed by atoms with E-state index in [1.54, 1.807) is 30.3 Å². The zero-order valence-corrected chi connectivity index (χ0v) is 16.4. The lowest BCUT2D eigenvalue weighted by Crippen LogP contribution is -2.22. The Kier molecular flexibility index (Phi) is 5.23. The highest BCUT2D eigenvalue weighted by molar-refractivity contribution is 6.30. The van der Waals surface area contributed by atoms with Crippen molar-refractivity contribution >= 4 is 29.4 Å². The number of aryl methyl sites for hydroxylation is 1. The number of hydrogen-bond acceptors (Lipinski definition) is 4. The number of carbonyl (C=O) groups is 2. The molecule has 0 atom stereocenters. The molecule has 0 N–H and O–H groups in total. The van der Waals surface area contributed by atoms with E-state index in [0.717, 1.165) is 36.8 Å². The van der Waals surface area contributed by atoms with Crippen LogP contribution in [0.1, 0.15) is 53.6 Å². The molecule has 0 amide bonds. The molecular weight excluding hydrogens is 376 g/mol. The van der Waals surface area contributed by atoms with E-state index in [2.05, 4.69) is 0 Å². The number of allylic oxidation sites excluding steroid dienone is 1. The molecule has 0 radical (unpaired) electrons. The zero-order valence-electron chi connectivity index (χ0n) is 15.7. The first-order valence-corrected chi connectivity index (χ1v) is 9.95. The third kappa shape index (κ3) is 3.83. The summed E-state index contributed by atoms with van der Waals surface area (Å²) in [6.45, 7) is 1.82. The highest BCUT2D eigenvalue weighted by atomic mass is 35.5. The third-order valence-corrected chi connectivity index (χ3v) is 5.52. The molecule has 0 aromatic heterocycles. The van der Waals surface area contributed by atoms with E-state index < -0.39 is 0 Å². The smallest absolute Gasteiger partial charge is 0.314 e. The number of Topliss-reactive ketones (excluding diaryl/α,β-unsaturated/α-hetero) is 1. The Labute approximate surface area is 169 Å². The van der Waals surface area contributed by atoms with Crippen molar-refractivity contribution in [1.82, 2.24) is 0 Å². The number of halogens is 1. The molecule has 4 rings (SSSR count). The second-order valence-corrected chi connectivity index (χ2v) is 7.80. The van der Waals surface area contributed by atoms with Crippen LogP contribution in [0.5, 0.6) is 11.5 Å². The Morgan fingerprint density at radius 3 is 2.57 bits per heavy atom. The Balaban J connectivity index is 1.55. The molecule has 0 bridgehead atoms. The number of ether oxygens (including phenoxy) is 2. The molecule has 2 aliphatic rings. The number of carbonyl (C=O) groups excluding carboxylic acids is 2. The summed E-state index contributed by atoms with van der Waals surface area (Å²) in [6, 6.07) is 10.5. The molecule has 4 nitrogen and oxygen atoms in total. The van der Waals surface area contributed by atoms with Crippen LogP contribution in [-0.2, 0) is 4.79 Å². The number of hydrogen-bond donors (Lipinski definition) is 0. The molecule has 1 heterocycles. The fourth-order valence-electron chi connectivity index (χ4n) is 3.78. The van der Waals surface area contributed by atoms with Crippen molar-refractivity contribution in [1.29, 1.82) is 0 Å². The quantitative estimate of drug-likeness (QED) is 0.376. The highest BCUT2D eigenvalue weighted by Crippen LogP contribution is 2.38. The summed E-state index contributed by atoms with van der Waals surface area (Å²) in [7, 11) is 0. The lowest BCUT2D eigenvalue weighted by atomic mass is 9.89. The molecule has 2 aromatic carbocycles. The van der Waals surface area contributed by atoms with Gasteiger partial charge in [0.15, 0.2) is 5.76 Å². The summed E-state index contributed by atoms with van der Waals surface area (Å²) in [5.41, 5.74) is 2.06. The molecule has 1 aliphatic carbocycles. The first-order valence-electron chi connectivity index (χ1n) is 9.57. The zero-order chi connectivity index (χ0) is 19.7. The molecule has 5 heteroatoms. The van der Waals surface area contributed by atoms with Gasteiger partial charge in [0, 0.05) is 11.1 Å². The van der Waals surface area contributed by atoms with Crippen LogP contribution in [0.2, 0.25) is 5.02 Å². The Hall–Kier alpha value is -2.59. The monoisotopic (exact) mass is 396 g/mol. The van der Waals surface area contributed by atoms with Gasteiger partial charge in [0.25, 0.3) is 0 Å². The Morgan fingerprint density at radius 1 is 1.14 bits per heavy atom. The molecule has 1 aliphatic heterocycles. The number of benzene rings is 2. The van der Waals surface area contributed by atoms with Gasteiger partial charge in [0.05, 0.1) is 11.5 Å². The van der Waals surface area contributed by atoms with Crippen LogP contribution < -0.4 is 9.47 Å². The maximum atomic E-state index is 12.7. The van der Waals surface area contributed by atoms with E-state index in [9.17, 15) is 9.59 Å². The predicted molar refractivity (Wildman–Crippen MR) is 108 cm³/mol. The van der Waals surface area contributed by atoms with Gasteiger partial charge in [-0.25, -0.2) is 0 Å². The molecular formula is C23H21ClO4. The number of rotatable bonds is 3. The summed E-state index contributed by atoms with van der Waals surface area (Å²) in [5.74, 6) is 0.693. The maximum Gasteiger partial charge on any atom is 0.314 e. The van der Waals surface area contributed by atoms with Gasteiger partial charge in [-0.05, 0) is 55.2 Å². The van der Waals surface area contributed by atoms with Crippen LogP contribution >= 0.6 is 11.6 Å². The van der Waals surface area contributed by atoms with Crippen molar-refractivity contribution in [3.05, 3.63) is 63.9 Å². The Morgan fingerprint density at radius 2 is 1.86 bits per heavy atom.